The third kappa shape index (κ3) is 3.25. The van der Waals surface area contributed by atoms with E-state index in [-0.39, 0.29) is 0 Å². The zero-order chi connectivity index (χ0) is 17.2. The lowest BCUT2D eigenvalue weighted by atomic mass is 9.93. The summed E-state index contributed by atoms with van der Waals surface area (Å²) >= 11 is 0. The summed E-state index contributed by atoms with van der Waals surface area (Å²) < 4.78 is 5.79. The fraction of sp³-hybridized carbons (Fsp3) is 0.263. The molecule has 0 aliphatic heterocycles. The van der Waals surface area contributed by atoms with E-state index in [0.29, 0.717) is 25.2 Å². The van der Waals surface area contributed by atoms with Gasteiger partial charge in [-0.1, -0.05) is 42.5 Å². The van der Waals surface area contributed by atoms with E-state index in [9.17, 15) is 9.59 Å². The first-order chi connectivity index (χ1) is 11.5. The molecule has 0 heterocycles. The lowest BCUT2D eigenvalue weighted by molar-refractivity contribution is -0.127. The number of benzene rings is 2. The van der Waals surface area contributed by atoms with E-state index >= 15 is 0 Å². The predicted octanol–water partition coefficient (Wildman–Crippen LogP) is 1.78. The Morgan fingerprint density at radius 3 is 2.38 bits per heavy atom. The van der Waals surface area contributed by atoms with Crippen LogP contribution in [0.2, 0.25) is 0 Å². The fourth-order valence-electron chi connectivity index (χ4n) is 3.08. The molecule has 124 valence electrons. The Bertz CT molecular complexity index is 760. The number of carbonyl (C=O) groups excluding carboxylic acids is 2. The second-order valence-electron chi connectivity index (χ2n) is 6.28. The van der Waals surface area contributed by atoms with Gasteiger partial charge in [0.15, 0.2) is 0 Å². The molecule has 2 aromatic carbocycles. The SMILES string of the molecule is NC(=O)C1CC1(Cc1cccc(OCc2ccccc2)c1)C(N)=O. The van der Waals surface area contributed by atoms with Crippen molar-refractivity contribution in [3.8, 4) is 5.75 Å². The van der Waals surface area contributed by atoms with Crippen molar-refractivity contribution in [3.63, 3.8) is 0 Å². The molecule has 0 spiro atoms. The third-order valence-corrected chi connectivity index (χ3v) is 4.58. The van der Waals surface area contributed by atoms with Crippen molar-refractivity contribution in [2.75, 3.05) is 0 Å². The number of hydrogen-bond donors (Lipinski definition) is 2. The van der Waals surface area contributed by atoms with E-state index < -0.39 is 23.1 Å². The highest BCUT2D eigenvalue weighted by Gasteiger charge is 2.61. The maximum absolute atomic E-state index is 11.8. The summed E-state index contributed by atoms with van der Waals surface area (Å²) in [5.41, 5.74) is 12.0. The zero-order valence-electron chi connectivity index (χ0n) is 13.3. The molecule has 0 radical (unpaired) electrons. The Morgan fingerprint density at radius 1 is 1.04 bits per heavy atom. The average molecular weight is 324 g/mol. The maximum Gasteiger partial charge on any atom is 0.224 e. The van der Waals surface area contributed by atoms with Crippen LogP contribution in [-0.2, 0) is 22.6 Å². The summed E-state index contributed by atoms with van der Waals surface area (Å²) in [6.45, 7) is 0.467. The van der Waals surface area contributed by atoms with Gasteiger partial charge in [-0.2, -0.15) is 0 Å². The quantitative estimate of drug-likeness (QED) is 0.812. The second kappa shape index (κ2) is 6.35. The molecule has 1 saturated carbocycles. The van der Waals surface area contributed by atoms with Crippen molar-refractivity contribution in [2.24, 2.45) is 22.8 Å². The molecule has 5 heteroatoms. The molecule has 2 atom stereocenters. The van der Waals surface area contributed by atoms with Gasteiger partial charge in [-0.05, 0) is 36.1 Å². The molecule has 0 aromatic heterocycles. The molecule has 4 N–H and O–H groups in total. The number of primary amides is 2. The first-order valence-corrected chi connectivity index (χ1v) is 7.86. The fourth-order valence-corrected chi connectivity index (χ4v) is 3.08. The van der Waals surface area contributed by atoms with Gasteiger partial charge in [-0.3, -0.25) is 9.59 Å². The summed E-state index contributed by atoms with van der Waals surface area (Å²) in [6, 6.07) is 17.4. The van der Waals surface area contributed by atoms with Gasteiger partial charge in [0.05, 0.1) is 11.3 Å². The molecule has 24 heavy (non-hydrogen) atoms. The summed E-state index contributed by atoms with van der Waals surface area (Å²) in [5, 5.41) is 0. The van der Waals surface area contributed by atoms with Crippen LogP contribution >= 0.6 is 0 Å². The highest BCUT2D eigenvalue weighted by Crippen LogP contribution is 2.54. The molecule has 1 aliphatic rings. The van der Waals surface area contributed by atoms with E-state index in [1.54, 1.807) is 0 Å². The summed E-state index contributed by atoms with van der Waals surface area (Å²) in [6.07, 6.45) is 0.825. The standard InChI is InChI=1S/C19H20N2O3/c20-17(22)16-11-19(16,18(21)23)10-14-7-4-8-15(9-14)24-12-13-5-2-1-3-6-13/h1-9,16H,10-12H2,(H2,20,22)(H2,21,23). The molecule has 5 nitrogen and oxygen atoms in total. The van der Waals surface area contributed by atoms with Crippen LogP contribution in [0.25, 0.3) is 0 Å². The molecule has 2 unspecified atom stereocenters. The van der Waals surface area contributed by atoms with Crippen molar-refractivity contribution in [2.45, 2.75) is 19.4 Å². The molecule has 0 bridgehead atoms. The van der Waals surface area contributed by atoms with Crippen LogP contribution < -0.4 is 16.2 Å². The van der Waals surface area contributed by atoms with E-state index in [2.05, 4.69) is 0 Å². The largest absolute Gasteiger partial charge is 0.489 e. The molecule has 2 amide bonds. The van der Waals surface area contributed by atoms with Gasteiger partial charge in [-0.25, -0.2) is 0 Å². The van der Waals surface area contributed by atoms with Crippen LogP contribution in [0.5, 0.6) is 5.75 Å². The van der Waals surface area contributed by atoms with Gasteiger partial charge < -0.3 is 16.2 Å². The normalized spacial score (nSPS) is 21.9. The van der Waals surface area contributed by atoms with Gasteiger partial charge >= 0.3 is 0 Å². The van der Waals surface area contributed by atoms with Crippen molar-refractivity contribution in [1.29, 1.82) is 0 Å². The van der Waals surface area contributed by atoms with Crippen LogP contribution in [0.4, 0.5) is 0 Å². The van der Waals surface area contributed by atoms with Crippen LogP contribution in [-0.4, -0.2) is 11.8 Å². The van der Waals surface area contributed by atoms with Gasteiger partial charge in [0.25, 0.3) is 0 Å². The number of rotatable bonds is 7. The van der Waals surface area contributed by atoms with Crippen molar-refractivity contribution < 1.29 is 14.3 Å². The van der Waals surface area contributed by atoms with E-state index in [4.69, 9.17) is 16.2 Å². The predicted molar refractivity (Wildman–Crippen MR) is 89.8 cm³/mol. The first kappa shape index (κ1) is 16.1. The summed E-state index contributed by atoms with van der Waals surface area (Å²) in [4.78, 5) is 23.2. The Kier molecular flexibility index (Phi) is 4.25. The average Bonchev–Trinajstić information content (AvgIpc) is 3.30. The van der Waals surface area contributed by atoms with Gasteiger partial charge in [0.1, 0.15) is 12.4 Å². The summed E-state index contributed by atoms with van der Waals surface area (Å²) in [5.74, 6) is -0.691. The van der Waals surface area contributed by atoms with Crippen molar-refractivity contribution in [1.82, 2.24) is 0 Å². The van der Waals surface area contributed by atoms with E-state index in [1.807, 2.05) is 54.6 Å². The van der Waals surface area contributed by atoms with Crippen LogP contribution in [0.3, 0.4) is 0 Å². The molecular weight excluding hydrogens is 304 g/mol. The highest BCUT2D eigenvalue weighted by atomic mass is 16.5. The second-order valence-corrected chi connectivity index (χ2v) is 6.28. The van der Waals surface area contributed by atoms with Crippen LogP contribution in [0.15, 0.2) is 54.6 Å². The first-order valence-electron chi connectivity index (χ1n) is 7.86. The molecule has 0 saturated heterocycles. The van der Waals surface area contributed by atoms with Gasteiger partial charge in [-0.15, -0.1) is 0 Å². The number of nitrogens with two attached hydrogens (primary N) is 2. The Balaban J connectivity index is 1.69. The lowest BCUT2D eigenvalue weighted by Gasteiger charge is -2.14. The summed E-state index contributed by atoms with van der Waals surface area (Å²) in [7, 11) is 0. The lowest BCUT2D eigenvalue weighted by Crippen LogP contribution is -2.32. The minimum atomic E-state index is -0.843. The molecular formula is C19H20N2O3. The highest BCUT2D eigenvalue weighted by molar-refractivity contribution is 5.94. The number of hydrogen-bond acceptors (Lipinski definition) is 3. The zero-order valence-corrected chi connectivity index (χ0v) is 13.3. The maximum atomic E-state index is 11.8. The van der Waals surface area contributed by atoms with Crippen molar-refractivity contribution >= 4 is 11.8 Å². The molecule has 1 aliphatic carbocycles. The number of amides is 2. The molecule has 2 aromatic rings. The number of ether oxygens (including phenoxy) is 1. The molecule has 3 rings (SSSR count). The topological polar surface area (TPSA) is 95.4 Å². The Labute approximate surface area is 140 Å². The van der Waals surface area contributed by atoms with Crippen LogP contribution in [0.1, 0.15) is 17.5 Å². The smallest absolute Gasteiger partial charge is 0.224 e. The minimum absolute atomic E-state index is 0.401. The van der Waals surface area contributed by atoms with Gasteiger partial charge in [0.2, 0.25) is 11.8 Å². The monoisotopic (exact) mass is 324 g/mol. The van der Waals surface area contributed by atoms with Crippen molar-refractivity contribution in [3.05, 3.63) is 65.7 Å². The van der Waals surface area contributed by atoms with E-state index in [0.717, 1.165) is 11.1 Å². The Hall–Kier alpha value is -2.82. The Morgan fingerprint density at radius 2 is 1.75 bits per heavy atom. The third-order valence-electron chi connectivity index (χ3n) is 4.58. The molecule has 1 fully saturated rings. The van der Waals surface area contributed by atoms with Crippen LogP contribution in [0, 0.1) is 11.3 Å². The minimum Gasteiger partial charge on any atom is -0.489 e. The number of carbonyl (C=O) groups is 2. The van der Waals surface area contributed by atoms with E-state index in [1.165, 1.54) is 0 Å². The van der Waals surface area contributed by atoms with Gasteiger partial charge in [0, 0.05) is 0 Å².